The molecule has 0 aromatic carbocycles. The molecular formula is C14H16N6Na2O10S. The van der Waals surface area contributed by atoms with Gasteiger partial charge in [0.05, 0.1) is 0 Å². The average molecular weight is 506 g/mol. The van der Waals surface area contributed by atoms with E-state index in [0.29, 0.717) is 5.06 Å². The predicted molar refractivity (Wildman–Crippen MR) is 110 cm³/mol. The molecule has 2 rings (SSSR count). The van der Waals surface area contributed by atoms with Crippen LogP contribution in [0.5, 0.6) is 0 Å². The van der Waals surface area contributed by atoms with Crippen molar-refractivity contribution >= 4 is 111 Å². The molecule has 0 spiro atoms. The number of rotatable bonds is 11. The molecular weight excluding hydrogens is 490 g/mol. The molecule has 1 aliphatic rings. The minimum Gasteiger partial charge on any atom is -0.479 e. The van der Waals surface area contributed by atoms with Crippen LogP contribution in [0.3, 0.4) is 0 Å². The Kier molecular flexibility index (Phi) is 13.4. The van der Waals surface area contributed by atoms with Gasteiger partial charge in [-0.1, -0.05) is 5.16 Å². The quantitative estimate of drug-likeness (QED) is 0.0852. The number of amides is 3. The number of nitrogen functional groups attached to an aromatic ring is 1. The first-order chi connectivity index (χ1) is 14.6. The van der Waals surface area contributed by atoms with Crippen LogP contribution in [0, 0.1) is 0 Å². The first kappa shape index (κ1) is 31.0. The number of primary amides is 1. The summed E-state index contributed by atoms with van der Waals surface area (Å²) in [5, 5.41) is 25.1. The van der Waals surface area contributed by atoms with Crippen molar-refractivity contribution in [1.29, 1.82) is 0 Å². The summed E-state index contributed by atoms with van der Waals surface area (Å²) in [6, 6.07) is -2.42. The predicted octanol–water partition coefficient (Wildman–Crippen LogP) is -3.42. The molecule has 0 aliphatic carbocycles. The number of β-lactam (4-membered cyclic amide) rings is 1. The topological polar surface area (TPSA) is 246 Å². The molecule has 33 heavy (non-hydrogen) atoms. The first-order valence-electron chi connectivity index (χ1n) is 8.14. The number of nitrogens with two attached hydrogens (primary N) is 2. The number of hydrogen-bond donors (Lipinski definition) is 5. The largest absolute Gasteiger partial charge is 0.479 e. The fourth-order valence-corrected chi connectivity index (χ4v) is 2.80. The van der Waals surface area contributed by atoms with Crippen LogP contribution in [0.25, 0.3) is 0 Å². The number of hydrogen-bond acceptors (Lipinski definition) is 12. The van der Waals surface area contributed by atoms with Gasteiger partial charge in [0.15, 0.2) is 17.5 Å². The second-order valence-electron chi connectivity index (χ2n) is 5.66. The summed E-state index contributed by atoms with van der Waals surface area (Å²) in [5.41, 5.74) is 9.87. The first-order valence-corrected chi connectivity index (χ1v) is 9.02. The van der Waals surface area contributed by atoms with Gasteiger partial charge < -0.3 is 36.6 Å². The molecule has 2 atom stereocenters. The van der Waals surface area contributed by atoms with Crippen molar-refractivity contribution in [3.63, 3.8) is 0 Å². The number of nitrogens with one attached hydrogen (secondary N) is 1. The summed E-state index contributed by atoms with van der Waals surface area (Å²) < 4.78 is 4.60. The number of oxime groups is 1. The third-order valence-electron chi connectivity index (χ3n) is 3.50. The van der Waals surface area contributed by atoms with E-state index in [9.17, 15) is 24.0 Å². The van der Waals surface area contributed by atoms with Gasteiger partial charge in [0.25, 0.3) is 11.8 Å². The zero-order valence-electron chi connectivity index (χ0n) is 17.4. The maximum Gasteiger partial charge on any atom is 0.404 e. The summed E-state index contributed by atoms with van der Waals surface area (Å²) >= 11 is 0.962. The number of anilines is 1. The Morgan fingerprint density at radius 2 is 1.85 bits per heavy atom. The number of carbonyl (C=O) groups is 5. The number of aliphatic carboxylic acids is 2. The fourth-order valence-electron chi connectivity index (χ4n) is 2.25. The molecule has 1 aliphatic heterocycles. The number of carbonyl (C=O) groups excluding carboxylic acids is 3. The zero-order chi connectivity index (χ0) is 23.1. The van der Waals surface area contributed by atoms with Crippen molar-refractivity contribution in [2.24, 2.45) is 10.9 Å². The van der Waals surface area contributed by atoms with Gasteiger partial charge in [0.2, 0.25) is 6.61 Å². The van der Waals surface area contributed by atoms with E-state index in [1.54, 1.807) is 0 Å². The third kappa shape index (κ3) is 9.05. The average Bonchev–Trinajstić information content (AvgIpc) is 3.10. The second-order valence-corrected chi connectivity index (χ2v) is 6.55. The smallest absolute Gasteiger partial charge is 0.404 e. The van der Waals surface area contributed by atoms with Crippen molar-refractivity contribution in [2.45, 2.75) is 12.1 Å². The summed E-state index contributed by atoms with van der Waals surface area (Å²) in [7, 11) is 0. The molecule has 16 nitrogen and oxygen atoms in total. The number of ether oxygens (including phenoxy) is 1. The Balaban J connectivity index is 0.00000512. The van der Waals surface area contributed by atoms with Crippen molar-refractivity contribution in [2.75, 3.05) is 25.6 Å². The van der Waals surface area contributed by atoms with E-state index in [4.69, 9.17) is 26.5 Å². The van der Waals surface area contributed by atoms with Crippen molar-refractivity contribution < 1.29 is 48.6 Å². The second kappa shape index (κ2) is 14.3. The molecule has 170 valence electrons. The number of thiazole rings is 1. The maximum absolute atomic E-state index is 12.7. The molecule has 0 saturated carbocycles. The van der Waals surface area contributed by atoms with Crippen LogP contribution in [-0.4, -0.2) is 147 Å². The zero-order valence-corrected chi connectivity index (χ0v) is 22.2. The van der Waals surface area contributed by atoms with E-state index in [-0.39, 0.29) is 69.9 Å². The molecule has 2 heterocycles. The number of carboxylic acid groups (broad SMARTS) is 2. The molecule has 1 aromatic rings. The van der Waals surface area contributed by atoms with Gasteiger partial charge in [0, 0.05) is 64.5 Å². The summed E-state index contributed by atoms with van der Waals surface area (Å²) in [6.45, 7) is -2.24. The van der Waals surface area contributed by atoms with Crippen LogP contribution in [0.4, 0.5) is 9.93 Å². The minimum absolute atomic E-state index is 0. The number of carboxylic acids is 2. The van der Waals surface area contributed by atoms with Crippen molar-refractivity contribution in [3.05, 3.63) is 11.1 Å². The Bertz CT molecular complexity index is 928. The Morgan fingerprint density at radius 1 is 1.21 bits per heavy atom. The van der Waals surface area contributed by atoms with E-state index in [1.807, 2.05) is 0 Å². The minimum atomic E-state index is -1.37. The maximum atomic E-state index is 12.7. The molecule has 7 N–H and O–H groups in total. The van der Waals surface area contributed by atoms with E-state index in [1.165, 1.54) is 5.38 Å². The Labute approximate surface area is 233 Å². The monoisotopic (exact) mass is 506 g/mol. The van der Waals surface area contributed by atoms with Crippen LogP contribution < -0.4 is 16.8 Å². The van der Waals surface area contributed by atoms with Crippen LogP contribution in [-0.2, 0) is 33.6 Å². The number of nitrogens with zero attached hydrogens (tertiary/aromatic N) is 3. The summed E-state index contributed by atoms with van der Waals surface area (Å²) in [4.78, 5) is 70.3. The summed E-state index contributed by atoms with van der Waals surface area (Å²) in [6.07, 6.45) is -1.18. The third-order valence-corrected chi connectivity index (χ3v) is 4.18. The Hall–Kier alpha value is -1.99. The molecule has 0 unspecified atom stereocenters. The van der Waals surface area contributed by atoms with E-state index in [2.05, 4.69) is 25.0 Å². The molecule has 0 bridgehead atoms. The summed E-state index contributed by atoms with van der Waals surface area (Å²) in [5.74, 6) is -4.58. The Morgan fingerprint density at radius 3 is 2.36 bits per heavy atom. The van der Waals surface area contributed by atoms with Crippen LogP contribution in [0.1, 0.15) is 5.69 Å². The van der Waals surface area contributed by atoms with Crippen LogP contribution in [0.2, 0.25) is 0 Å². The van der Waals surface area contributed by atoms with Crippen molar-refractivity contribution in [3.8, 4) is 0 Å². The van der Waals surface area contributed by atoms with Crippen LogP contribution >= 0.6 is 11.3 Å². The van der Waals surface area contributed by atoms with Gasteiger partial charge in [-0.25, -0.2) is 24.4 Å². The normalized spacial score (nSPS) is 17.0. The standard InChI is InChI=1S/C14H16N6O10S.2Na/c15-13-17-5(4-31-13)9(19-29-2-7(21)22)11(25)18-10-6(1-28-14(16)27)20(12(10)26)30-3-8(23)24;;/h4,6,10H,1-3H2,(H2,15,17)(H2,16,27)(H,18,25)(H,21,22)(H,23,24);;/t6-,10+;;/m1../s1. The molecule has 2 radical (unpaired) electrons. The van der Waals surface area contributed by atoms with Gasteiger partial charge in [-0.05, 0) is 0 Å². The van der Waals surface area contributed by atoms with E-state index in [0.717, 1.165) is 11.3 Å². The van der Waals surface area contributed by atoms with Gasteiger partial charge >= 0.3 is 18.0 Å². The van der Waals surface area contributed by atoms with Gasteiger partial charge in [-0.15, -0.1) is 11.3 Å². The van der Waals surface area contributed by atoms with E-state index >= 15 is 0 Å². The molecule has 19 heteroatoms. The molecule has 3 amide bonds. The fraction of sp³-hybridized carbons (Fsp3) is 0.357. The van der Waals surface area contributed by atoms with Gasteiger partial charge in [-0.3, -0.25) is 14.4 Å². The van der Waals surface area contributed by atoms with Crippen LogP contribution in [0.15, 0.2) is 10.5 Å². The van der Waals surface area contributed by atoms with Gasteiger partial charge in [-0.2, -0.15) is 0 Å². The van der Waals surface area contributed by atoms with Crippen molar-refractivity contribution in [1.82, 2.24) is 15.4 Å². The molecule has 1 aromatic heterocycles. The molecule has 1 saturated heterocycles. The number of aromatic nitrogens is 1. The SMILES string of the molecule is NC(=O)OC[C@@H]1[C@H](NC(=O)C(=NOCC(=O)O)c2csc(N)n2)C(=O)N1OCC(=O)O.[Na].[Na]. The van der Waals surface area contributed by atoms with Gasteiger partial charge in [0.1, 0.15) is 24.4 Å². The number of hydroxylamine groups is 2. The van der Waals surface area contributed by atoms with E-state index < -0.39 is 67.5 Å². The molecule has 1 fully saturated rings.